The number of nitrogens with zero attached hydrogens (tertiary/aromatic N) is 8. The highest BCUT2D eigenvalue weighted by Crippen LogP contribution is 2.44. The summed E-state index contributed by atoms with van der Waals surface area (Å²) in [6, 6.07) is 24.0. The second kappa shape index (κ2) is 9.23. The van der Waals surface area contributed by atoms with E-state index in [4.69, 9.17) is 13.1 Å². The molecule has 5 rings (SSSR count). The van der Waals surface area contributed by atoms with Crippen LogP contribution in [0.15, 0.2) is 70.8 Å². The van der Waals surface area contributed by atoms with Crippen molar-refractivity contribution < 1.29 is 0 Å². The molecule has 0 amide bonds. The minimum absolute atomic E-state index is 0.0169. The maximum atomic E-state index is 10.4. The van der Waals surface area contributed by atoms with Gasteiger partial charge in [-0.05, 0) is 11.1 Å². The predicted octanol–water partition coefficient (Wildman–Crippen LogP) is 5.49. The molecule has 170 valence electrons. The lowest BCUT2D eigenvalue weighted by atomic mass is 9.95. The van der Waals surface area contributed by atoms with Crippen LogP contribution in [-0.4, -0.2) is 0 Å². The zero-order valence-corrected chi connectivity index (χ0v) is 19.4. The Morgan fingerprint density at radius 3 is 1.63 bits per heavy atom. The van der Waals surface area contributed by atoms with Crippen molar-refractivity contribution in [2.75, 3.05) is 0 Å². The Kier molecular flexibility index (Phi) is 5.63. The van der Waals surface area contributed by atoms with Crippen LogP contribution in [0, 0.1) is 58.6 Å². The summed E-state index contributed by atoms with van der Waals surface area (Å²) in [4.78, 5) is 10.9. The fraction of sp³-hybridized carbons (Fsp3) is 0. The standard InChI is InChI=1S/C30H10N8/c1-35-28-23(18-11-7-4-8-12-18)29(37-16-34)27-21(15-33)25-24(20(14-32)26(27)28)19(13-31)22(30(25)38-36-2)17-9-5-3-6-10-17/h3-12H/b37-29?,38-30-. The van der Waals surface area contributed by atoms with Gasteiger partial charge in [0.25, 0.3) is 0 Å². The van der Waals surface area contributed by atoms with E-state index >= 15 is 0 Å². The minimum Gasteiger partial charge on any atom is -0.237 e. The highest BCUT2D eigenvalue weighted by molar-refractivity contribution is 6.21. The second-order valence-electron chi connectivity index (χ2n) is 8.01. The van der Waals surface area contributed by atoms with Crippen molar-refractivity contribution in [1.29, 1.82) is 21.0 Å². The molecule has 5 aromatic rings. The lowest BCUT2D eigenvalue weighted by molar-refractivity contribution is 1.35. The van der Waals surface area contributed by atoms with Gasteiger partial charge in [0.05, 0.1) is 39.8 Å². The van der Waals surface area contributed by atoms with Crippen LogP contribution < -0.4 is 10.7 Å². The van der Waals surface area contributed by atoms with Crippen molar-refractivity contribution >= 4 is 27.2 Å². The summed E-state index contributed by atoms with van der Waals surface area (Å²) in [6.07, 6.45) is 1.76. The van der Waals surface area contributed by atoms with Gasteiger partial charge in [0.1, 0.15) is 12.1 Å². The average molecular weight is 482 g/mol. The van der Waals surface area contributed by atoms with E-state index in [1.807, 2.05) is 0 Å². The van der Waals surface area contributed by atoms with Crippen LogP contribution >= 0.6 is 0 Å². The van der Waals surface area contributed by atoms with Gasteiger partial charge < -0.3 is 0 Å². The number of nitriles is 4. The van der Waals surface area contributed by atoms with E-state index in [0.29, 0.717) is 22.3 Å². The van der Waals surface area contributed by atoms with Gasteiger partial charge in [-0.25, -0.2) is 4.85 Å². The molecule has 38 heavy (non-hydrogen) atoms. The van der Waals surface area contributed by atoms with Crippen molar-refractivity contribution in [3.8, 4) is 46.7 Å². The van der Waals surface area contributed by atoms with Gasteiger partial charge in [-0.3, -0.25) is 0 Å². The van der Waals surface area contributed by atoms with Gasteiger partial charge >= 0.3 is 0 Å². The summed E-state index contributed by atoms with van der Waals surface area (Å²) < 4.78 is 0. The van der Waals surface area contributed by atoms with E-state index in [1.54, 1.807) is 66.9 Å². The summed E-state index contributed by atoms with van der Waals surface area (Å²) in [5.74, 6) is 0. The summed E-state index contributed by atoms with van der Waals surface area (Å²) in [5.41, 5.74) is 1.85. The Bertz CT molecular complexity index is 2030. The van der Waals surface area contributed by atoms with Crippen molar-refractivity contribution in [2.45, 2.75) is 0 Å². The maximum Gasteiger partial charge on any atom is 0.206 e. The van der Waals surface area contributed by atoms with Gasteiger partial charge in [-0.15, -0.1) is 4.95 Å². The number of rotatable bonds is 2. The SMILES string of the molecule is [C-]#[N+]/N=c1/c(-c2ccccc2)c(C#N)c2c(C#N)c3c([N+]#[C-])c(-c4ccccc4)c(=NC#N)c3c(C#N)c12. The molecule has 0 radical (unpaired) electrons. The molecule has 0 atom stereocenters. The zero-order valence-electron chi connectivity index (χ0n) is 19.4. The molecule has 0 aliphatic rings. The highest BCUT2D eigenvalue weighted by atomic mass is 15.2. The van der Waals surface area contributed by atoms with Crippen LogP contribution in [-0.2, 0) is 0 Å². The van der Waals surface area contributed by atoms with Crippen LogP contribution in [0.25, 0.3) is 53.6 Å². The lowest BCUT2D eigenvalue weighted by Gasteiger charge is -2.03. The van der Waals surface area contributed by atoms with E-state index in [1.165, 1.54) is 0 Å². The van der Waals surface area contributed by atoms with Crippen LogP contribution in [0.4, 0.5) is 5.69 Å². The molecule has 0 saturated carbocycles. The van der Waals surface area contributed by atoms with E-state index in [9.17, 15) is 21.0 Å². The van der Waals surface area contributed by atoms with Crippen LogP contribution in [0.2, 0.25) is 0 Å². The van der Waals surface area contributed by atoms with E-state index in [2.05, 4.69) is 38.1 Å². The smallest absolute Gasteiger partial charge is 0.206 e. The van der Waals surface area contributed by atoms with Crippen LogP contribution in [0.1, 0.15) is 16.7 Å². The maximum absolute atomic E-state index is 10.4. The Balaban J connectivity index is 2.23. The predicted molar refractivity (Wildman–Crippen MR) is 138 cm³/mol. The molecule has 0 bridgehead atoms. The molecular weight excluding hydrogens is 472 g/mol. The van der Waals surface area contributed by atoms with Gasteiger partial charge in [-0.1, -0.05) is 60.7 Å². The molecule has 0 heterocycles. The van der Waals surface area contributed by atoms with Gasteiger partial charge in [0, 0.05) is 32.7 Å². The third-order valence-corrected chi connectivity index (χ3v) is 6.30. The Morgan fingerprint density at radius 1 is 0.605 bits per heavy atom. The first-order valence-electron chi connectivity index (χ1n) is 11.0. The molecule has 0 unspecified atom stereocenters. The monoisotopic (exact) mass is 482 g/mol. The Labute approximate surface area is 216 Å². The normalized spacial score (nSPS) is 11.3. The van der Waals surface area contributed by atoms with Gasteiger partial charge in [0.2, 0.25) is 11.9 Å². The first-order chi connectivity index (χ1) is 18.7. The third-order valence-electron chi connectivity index (χ3n) is 6.30. The summed E-state index contributed by atoms with van der Waals surface area (Å²) in [7, 11) is 0. The van der Waals surface area contributed by atoms with E-state index < -0.39 is 0 Å². The molecule has 8 nitrogen and oxygen atoms in total. The second-order valence-corrected chi connectivity index (χ2v) is 8.01. The molecule has 0 saturated heterocycles. The fourth-order valence-electron chi connectivity index (χ4n) is 4.96. The van der Waals surface area contributed by atoms with Gasteiger partial charge in [-0.2, -0.15) is 32.6 Å². The number of hydrogen-bond donors (Lipinski definition) is 0. The molecular formula is C30H10N8. The van der Waals surface area contributed by atoms with Crippen molar-refractivity contribution in [2.24, 2.45) is 10.1 Å². The Morgan fingerprint density at radius 2 is 1.13 bits per heavy atom. The first-order valence-corrected chi connectivity index (χ1v) is 11.0. The minimum atomic E-state index is -0.0174. The average Bonchev–Trinajstić information content (AvgIpc) is 3.46. The lowest BCUT2D eigenvalue weighted by Crippen LogP contribution is -2.07. The molecule has 0 aromatic heterocycles. The number of benzene rings is 3. The Hall–Kier alpha value is -6.58. The highest BCUT2D eigenvalue weighted by Gasteiger charge is 2.31. The van der Waals surface area contributed by atoms with E-state index in [-0.39, 0.29) is 54.6 Å². The summed E-state index contributed by atoms with van der Waals surface area (Å²) in [5, 5.41) is 45.4. The molecule has 5 aromatic carbocycles. The first kappa shape index (κ1) is 23.2. The van der Waals surface area contributed by atoms with Crippen molar-refractivity contribution in [3.05, 3.63) is 111 Å². The molecule has 0 N–H and O–H groups in total. The van der Waals surface area contributed by atoms with Crippen LogP contribution in [0.3, 0.4) is 0 Å². The zero-order chi connectivity index (χ0) is 26.8. The van der Waals surface area contributed by atoms with Crippen LogP contribution in [0.5, 0.6) is 0 Å². The molecule has 0 aliphatic heterocycles. The molecule has 8 heteroatoms. The molecule has 0 fully saturated rings. The van der Waals surface area contributed by atoms with Gasteiger partial charge in [0.15, 0.2) is 5.36 Å². The number of fused-ring (bicyclic) bond motifs is 2. The number of hydrogen-bond acceptors (Lipinski definition) is 6. The quantitative estimate of drug-likeness (QED) is 0.187. The largest absolute Gasteiger partial charge is 0.237 e. The molecule has 0 spiro atoms. The third kappa shape index (κ3) is 3.11. The van der Waals surface area contributed by atoms with Crippen molar-refractivity contribution in [1.82, 2.24) is 0 Å². The van der Waals surface area contributed by atoms with E-state index in [0.717, 1.165) is 0 Å². The fourth-order valence-corrected chi connectivity index (χ4v) is 4.96. The molecule has 0 aliphatic carbocycles. The van der Waals surface area contributed by atoms with Crippen molar-refractivity contribution in [3.63, 3.8) is 0 Å². The topological polar surface area (TPSA) is 129 Å². The summed E-state index contributed by atoms with van der Waals surface area (Å²) >= 11 is 0. The summed E-state index contributed by atoms with van der Waals surface area (Å²) in [6.45, 7) is 15.4.